The van der Waals surface area contributed by atoms with E-state index in [4.69, 9.17) is 4.74 Å². The van der Waals surface area contributed by atoms with Gasteiger partial charge in [0.2, 0.25) is 0 Å². The number of carbonyl (C=O) groups is 1. The number of nitrogens with zero attached hydrogens (tertiary/aromatic N) is 1. The van der Waals surface area contributed by atoms with Crippen LogP contribution in [0.15, 0.2) is 48.5 Å². The van der Waals surface area contributed by atoms with Gasteiger partial charge in [-0.25, -0.2) is 0 Å². The van der Waals surface area contributed by atoms with Gasteiger partial charge >= 0.3 is 0 Å². The Kier molecular flexibility index (Phi) is 4.79. The average Bonchev–Trinajstić information content (AvgIpc) is 2.71. The number of Topliss-reactive ketones (excluding diaryl/α,β-unsaturated/α-hetero) is 1. The number of para-hydroxylation sites is 1. The molecule has 1 fully saturated rings. The first-order valence-corrected chi connectivity index (χ1v) is 9.43. The maximum absolute atomic E-state index is 13.1. The van der Waals surface area contributed by atoms with Crippen LogP contribution in [-0.4, -0.2) is 50.0 Å². The lowest BCUT2D eigenvalue weighted by atomic mass is 9.69. The van der Waals surface area contributed by atoms with Gasteiger partial charge in [-0.05, 0) is 11.6 Å². The van der Waals surface area contributed by atoms with Crippen molar-refractivity contribution in [1.82, 2.24) is 10.2 Å². The summed E-state index contributed by atoms with van der Waals surface area (Å²) in [6.45, 7) is 5.97. The van der Waals surface area contributed by atoms with E-state index in [9.17, 15) is 4.79 Å². The second-order valence-corrected chi connectivity index (χ2v) is 7.24. The van der Waals surface area contributed by atoms with E-state index in [1.165, 1.54) is 5.56 Å². The van der Waals surface area contributed by atoms with Crippen molar-refractivity contribution in [2.24, 2.45) is 5.92 Å². The highest BCUT2D eigenvalue weighted by atomic mass is 16.5. The Bertz CT molecular complexity index is 798. The predicted octanol–water partition coefficient (Wildman–Crippen LogP) is 2.93. The number of nitrogens with one attached hydrogen (secondary N) is 1. The number of hydrogen-bond donors (Lipinski definition) is 1. The summed E-state index contributed by atoms with van der Waals surface area (Å²) in [5.41, 5.74) is 3.16. The van der Waals surface area contributed by atoms with E-state index in [0.717, 1.165) is 43.1 Å². The van der Waals surface area contributed by atoms with Gasteiger partial charge in [0.25, 0.3) is 0 Å². The Morgan fingerprint density at radius 1 is 1.00 bits per heavy atom. The number of benzene rings is 2. The smallest absolute Gasteiger partial charge is 0.167 e. The third-order valence-corrected chi connectivity index (χ3v) is 5.88. The zero-order valence-electron chi connectivity index (χ0n) is 15.4. The molecule has 4 nitrogen and oxygen atoms in total. The number of carbonyl (C=O) groups excluding carboxylic acids is 1. The highest BCUT2D eigenvalue weighted by molar-refractivity contribution is 6.01. The SMILES string of the molecule is COc1ccccc1C1c2ccccc2C(=O)C(C)C1N1CCNCC1. The van der Waals surface area contributed by atoms with Gasteiger partial charge in [0.1, 0.15) is 5.75 Å². The zero-order valence-corrected chi connectivity index (χ0v) is 15.4. The van der Waals surface area contributed by atoms with E-state index in [0.29, 0.717) is 0 Å². The molecule has 1 aliphatic heterocycles. The van der Waals surface area contributed by atoms with Crippen LogP contribution in [0.1, 0.15) is 34.3 Å². The van der Waals surface area contributed by atoms with Crippen LogP contribution in [0.3, 0.4) is 0 Å². The first-order valence-electron chi connectivity index (χ1n) is 9.43. The predicted molar refractivity (Wildman–Crippen MR) is 103 cm³/mol. The topological polar surface area (TPSA) is 41.6 Å². The molecule has 0 aromatic heterocycles. The standard InChI is InChI=1S/C22H26N2O2/c1-15-21(24-13-11-23-12-14-24)20(18-9-5-6-10-19(18)26-2)16-7-3-4-8-17(16)22(15)25/h3-10,15,20-21,23H,11-14H2,1-2H3. The fraction of sp³-hybridized carbons (Fsp3) is 0.409. The quantitative estimate of drug-likeness (QED) is 0.924. The molecule has 1 aliphatic carbocycles. The lowest BCUT2D eigenvalue weighted by molar-refractivity contribution is 0.0699. The molecule has 4 rings (SSSR count). The second-order valence-electron chi connectivity index (χ2n) is 7.24. The van der Waals surface area contributed by atoms with Crippen molar-refractivity contribution in [1.29, 1.82) is 0 Å². The fourth-order valence-corrected chi connectivity index (χ4v) is 4.65. The number of fused-ring (bicyclic) bond motifs is 1. The van der Waals surface area contributed by atoms with Crippen molar-refractivity contribution < 1.29 is 9.53 Å². The minimum absolute atomic E-state index is 0.0436. The summed E-state index contributed by atoms with van der Waals surface area (Å²) in [5, 5.41) is 3.42. The molecule has 1 saturated heterocycles. The lowest BCUT2D eigenvalue weighted by Gasteiger charge is -2.45. The summed E-state index contributed by atoms with van der Waals surface area (Å²) < 4.78 is 5.70. The lowest BCUT2D eigenvalue weighted by Crippen LogP contribution is -2.55. The van der Waals surface area contributed by atoms with Crippen LogP contribution >= 0.6 is 0 Å². The zero-order chi connectivity index (χ0) is 18.1. The van der Waals surface area contributed by atoms with E-state index in [1.54, 1.807) is 7.11 Å². The molecular weight excluding hydrogens is 324 g/mol. The molecule has 1 N–H and O–H groups in total. The second kappa shape index (κ2) is 7.22. The number of rotatable bonds is 3. The van der Waals surface area contributed by atoms with Crippen LogP contribution in [-0.2, 0) is 0 Å². The Hall–Kier alpha value is -2.17. The molecule has 3 atom stereocenters. The van der Waals surface area contributed by atoms with Crippen molar-refractivity contribution >= 4 is 5.78 Å². The highest BCUT2D eigenvalue weighted by Crippen LogP contribution is 2.44. The summed E-state index contributed by atoms with van der Waals surface area (Å²) in [6.07, 6.45) is 0. The van der Waals surface area contributed by atoms with Crippen molar-refractivity contribution in [2.75, 3.05) is 33.3 Å². The summed E-state index contributed by atoms with van der Waals surface area (Å²) in [5.74, 6) is 1.25. The van der Waals surface area contributed by atoms with E-state index in [-0.39, 0.29) is 23.7 Å². The van der Waals surface area contributed by atoms with Crippen LogP contribution in [0.2, 0.25) is 0 Å². The van der Waals surface area contributed by atoms with Crippen molar-refractivity contribution in [3.05, 3.63) is 65.2 Å². The Labute approximate surface area is 155 Å². The molecule has 136 valence electrons. The van der Waals surface area contributed by atoms with E-state index < -0.39 is 0 Å². The van der Waals surface area contributed by atoms with Gasteiger partial charge in [0.15, 0.2) is 5.78 Å². The Morgan fingerprint density at radius 3 is 2.38 bits per heavy atom. The number of ether oxygens (including phenoxy) is 1. The number of ketones is 1. The normalized spacial score (nSPS) is 26.4. The number of hydrogen-bond acceptors (Lipinski definition) is 4. The molecule has 0 amide bonds. The third-order valence-electron chi connectivity index (χ3n) is 5.88. The van der Waals surface area contributed by atoms with Gasteiger partial charge in [-0.15, -0.1) is 0 Å². The molecule has 0 spiro atoms. The molecule has 0 radical (unpaired) electrons. The minimum Gasteiger partial charge on any atom is -0.496 e. The number of methoxy groups -OCH3 is 1. The van der Waals surface area contributed by atoms with Crippen LogP contribution < -0.4 is 10.1 Å². The van der Waals surface area contributed by atoms with Crippen molar-refractivity contribution in [2.45, 2.75) is 18.9 Å². The first-order chi connectivity index (χ1) is 12.7. The maximum atomic E-state index is 13.1. The summed E-state index contributed by atoms with van der Waals surface area (Å²) >= 11 is 0. The van der Waals surface area contributed by atoms with E-state index >= 15 is 0 Å². The molecule has 3 unspecified atom stereocenters. The van der Waals surface area contributed by atoms with Crippen LogP contribution in [0.5, 0.6) is 5.75 Å². The van der Waals surface area contributed by atoms with Gasteiger partial charge in [-0.3, -0.25) is 9.69 Å². The minimum atomic E-state index is -0.0436. The van der Waals surface area contributed by atoms with Gasteiger partial charge in [0.05, 0.1) is 7.11 Å². The molecule has 2 aliphatic rings. The summed E-state index contributed by atoms with van der Waals surface area (Å²) in [6, 6.07) is 16.5. The Morgan fingerprint density at radius 2 is 1.65 bits per heavy atom. The third kappa shape index (κ3) is 2.83. The molecule has 26 heavy (non-hydrogen) atoms. The molecule has 4 heteroatoms. The Balaban J connectivity index is 1.89. The average molecular weight is 350 g/mol. The van der Waals surface area contributed by atoms with Crippen LogP contribution in [0.25, 0.3) is 0 Å². The molecule has 1 heterocycles. The fourth-order valence-electron chi connectivity index (χ4n) is 4.65. The monoisotopic (exact) mass is 350 g/mol. The molecule has 0 bridgehead atoms. The van der Waals surface area contributed by atoms with E-state index in [1.807, 2.05) is 30.3 Å². The van der Waals surface area contributed by atoms with Gasteiger partial charge in [-0.1, -0.05) is 49.4 Å². The first kappa shape index (κ1) is 17.3. The van der Waals surface area contributed by atoms with Crippen molar-refractivity contribution in [3.8, 4) is 5.75 Å². The molecule has 0 saturated carbocycles. The molecule has 2 aromatic carbocycles. The van der Waals surface area contributed by atoms with Gasteiger partial charge < -0.3 is 10.1 Å². The van der Waals surface area contributed by atoms with Gasteiger partial charge in [-0.2, -0.15) is 0 Å². The van der Waals surface area contributed by atoms with Crippen molar-refractivity contribution in [3.63, 3.8) is 0 Å². The van der Waals surface area contributed by atoms with E-state index in [2.05, 4.69) is 35.3 Å². The maximum Gasteiger partial charge on any atom is 0.167 e. The van der Waals surface area contributed by atoms with Crippen LogP contribution in [0, 0.1) is 5.92 Å². The van der Waals surface area contributed by atoms with Gasteiger partial charge in [0, 0.05) is 55.2 Å². The summed E-state index contributed by atoms with van der Waals surface area (Å²) in [7, 11) is 1.72. The van der Waals surface area contributed by atoms with Crippen LogP contribution in [0.4, 0.5) is 0 Å². The molecular formula is C22H26N2O2. The summed E-state index contributed by atoms with van der Waals surface area (Å²) in [4.78, 5) is 15.6. The number of piperazine rings is 1. The highest BCUT2D eigenvalue weighted by Gasteiger charge is 2.44. The molecule has 2 aromatic rings. The largest absolute Gasteiger partial charge is 0.496 e.